The Balaban J connectivity index is 2.50. The van der Waals surface area contributed by atoms with E-state index in [4.69, 9.17) is 5.73 Å². The van der Waals surface area contributed by atoms with Crippen molar-refractivity contribution in [2.24, 2.45) is 5.73 Å². The maximum Gasteiger partial charge on any atom is 0.237 e. The van der Waals surface area contributed by atoms with Crippen LogP contribution < -0.4 is 5.73 Å². The van der Waals surface area contributed by atoms with Gasteiger partial charge in [-0.1, -0.05) is 0 Å². The Morgan fingerprint density at radius 2 is 2.17 bits per heavy atom. The van der Waals surface area contributed by atoms with Crippen LogP contribution >= 0.6 is 0 Å². The predicted molar refractivity (Wildman–Crippen MR) is 47.2 cm³/mol. The summed E-state index contributed by atoms with van der Waals surface area (Å²) in [5, 5.41) is 3.65. The second kappa shape index (κ2) is 3.03. The standard InChI is InChI=1S/C8H17N3O/c1-8(2,9)6-11-5-4-7(12)10(11)3/h4-6,9H2,1-3H3. The Morgan fingerprint density at radius 3 is 2.50 bits per heavy atom. The van der Waals surface area contributed by atoms with Gasteiger partial charge in [0.25, 0.3) is 0 Å². The molecule has 1 fully saturated rings. The molecule has 1 aliphatic heterocycles. The van der Waals surface area contributed by atoms with E-state index in [1.165, 1.54) is 0 Å². The van der Waals surface area contributed by atoms with E-state index >= 15 is 0 Å². The maximum absolute atomic E-state index is 11.1. The summed E-state index contributed by atoms with van der Waals surface area (Å²) in [6.45, 7) is 5.46. The van der Waals surface area contributed by atoms with Gasteiger partial charge in [-0.25, -0.2) is 5.01 Å². The van der Waals surface area contributed by atoms with Crippen molar-refractivity contribution < 1.29 is 4.79 Å². The zero-order valence-corrected chi connectivity index (χ0v) is 8.00. The third kappa shape index (κ3) is 2.19. The number of nitrogens with two attached hydrogens (primary N) is 1. The fraction of sp³-hybridized carbons (Fsp3) is 0.875. The fourth-order valence-corrected chi connectivity index (χ4v) is 1.35. The lowest BCUT2D eigenvalue weighted by molar-refractivity contribution is -0.135. The summed E-state index contributed by atoms with van der Waals surface area (Å²) >= 11 is 0. The number of amides is 1. The summed E-state index contributed by atoms with van der Waals surface area (Å²) in [5.41, 5.74) is 5.61. The van der Waals surface area contributed by atoms with Crippen LogP contribution in [0.15, 0.2) is 0 Å². The molecule has 0 radical (unpaired) electrons. The lowest BCUT2D eigenvalue weighted by atomic mass is 10.1. The second-order valence-electron chi connectivity index (χ2n) is 4.04. The van der Waals surface area contributed by atoms with E-state index in [0.29, 0.717) is 6.42 Å². The lowest BCUT2D eigenvalue weighted by Gasteiger charge is -2.30. The molecule has 1 aliphatic rings. The van der Waals surface area contributed by atoms with Gasteiger partial charge < -0.3 is 5.73 Å². The topological polar surface area (TPSA) is 49.6 Å². The molecule has 0 aliphatic carbocycles. The number of hydrogen-bond donors (Lipinski definition) is 1. The van der Waals surface area contributed by atoms with E-state index in [9.17, 15) is 4.79 Å². The Labute approximate surface area is 73.3 Å². The van der Waals surface area contributed by atoms with Gasteiger partial charge in [-0.05, 0) is 13.8 Å². The van der Waals surface area contributed by atoms with Crippen molar-refractivity contribution in [2.45, 2.75) is 25.8 Å². The lowest BCUT2D eigenvalue weighted by Crippen LogP contribution is -2.49. The number of nitrogens with zero attached hydrogens (tertiary/aromatic N) is 2. The molecule has 0 bridgehead atoms. The van der Waals surface area contributed by atoms with Crippen molar-refractivity contribution in [2.75, 3.05) is 20.1 Å². The highest BCUT2D eigenvalue weighted by Crippen LogP contribution is 2.12. The van der Waals surface area contributed by atoms with Crippen molar-refractivity contribution in [3.05, 3.63) is 0 Å². The predicted octanol–water partition coefficient (Wildman–Crippen LogP) is -0.197. The Hall–Kier alpha value is -0.610. The van der Waals surface area contributed by atoms with E-state index < -0.39 is 0 Å². The Bertz CT molecular complexity index is 185. The normalized spacial score (nSPS) is 20.7. The summed E-state index contributed by atoms with van der Waals surface area (Å²) in [7, 11) is 1.79. The molecule has 0 atom stereocenters. The fourth-order valence-electron chi connectivity index (χ4n) is 1.35. The van der Waals surface area contributed by atoms with E-state index in [1.807, 2.05) is 18.9 Å². The van der Waals surface area contributed by atoms with Crippen molar-refractivity contribution in [3.8, 4) is 0 Å². The van der Waals surface area contributed by atoms with E-state index in [2.05, 4.69) is 0 Å². The summed E-state index contributed by atoms with van der Waals surface area (Å²) in [4.78, 5) is 11.1. The zero-order valence-electron chi connectivity index (χ0n) is 8.00. The molecule has 0 aromatic carbocycles. The van der Waals surface area contributed by atoms with Crippen LogP contribution in [-0.2, 0) is 4.79 Å². The summed E-state index contributed by atoms with van der Waals surface area (Å²) in [6.07, 6.45) is 0.618. The van der Waals surface area contributed by atoms with Gasteiger partial charge in [0.05, 0.1) is 0 Å². The van der Waals surface area contributed by atoms with Crippen LogP contribution in [-0.4, -0.2) is 41.6 Å². The molecule has 70 valence electrons. The minimum Gasteiger partial charge on any atom is -0.324 e. The first kappa shape index (κ1) is 9.48. The number of carbonyl (C=O) groups is 1. The highest BCUT2D eigenvalue weighted by Gasteiger charge is 2.28. The molecule has 0 spiro atoms. The number of hydrogen-bond acceptors (Lipinski definition) is 3. The molecule has 1 heterocycles. The molecule has 0 aromatic heterocycles. The average molecular weight is 171 g/mol. The average Bonchev–Trinajstić information content (AvgIpc) is 2.16. The van der Waals surface area contributed by atoms with E-state index in [-0.39, 0.29) is 11.4 Å². The molecule has 4 heteroatoms. The van der Waals surface area contributed by atoms with Crippen molar-refractivity contribution in [3.63, 3.8) is 0 Å². The van der Waals surface area contributed by atoms with Crippen molar-refractivity contribution >= 4 is 5.91 Å². The quantitative estimate of drug-likeness (QED) is 0.626. The second-order valence-corrected chi connectivity index (χ2v) is 4.04. The van der Waals surface area contributed by atoms with Gasteiger partial charge in [-0.2, -0.15) is 0 Å². The molecular weight excluding hydrogens is 154 g/mol. The van der Waals surface area contributed by atoms with Gasteiger partial charge in [-0.3, -0.25) is 9.80 Å². The third-order valence-electron chi connectivity index (χ3n) is 1.96. The van der Waals surface area contributed by atoms with Crippen LogP contribution in [0.5, 0.6) is 0 Å². The van der Waals surface area contributed by atoms with Crippen LogP contribution in [0.3, 0.4) is 0 Å². The first-order chi connectivity index (χ1) is 5.40. The van der Waals surface area contributed by atoms with Crippen LogP contribution in [0.1, 0.15) is 20.3 Å². The summed E-state index contributed by atoms with van der Waals surface area (Å²) in [5.74, 6) is 0.180. The first-order valence-electron chi connectivity index (χ1n) is 4.20. The number of rotatable bonds is 2. The van der Waals surface area contributed by atoms with Crippen LogP contribution in [0.2, 0.25) is 0 Å². The third-order valence-corrected chi connectivity index (χ3v) is 1.96. The molecule has 0 unspecified atom stereocenters. The van der Waals surface area contributed by atoms with Gasteiger partial charge in [0.1, 0.15) is 0 Å². The first-order valence-corrected chi connectivity index (χ1v) is 4.20. The summed E-state index contributed by atoms with van der Waals surface area (Å²) < 4.78 is 0. The number of hydrazine groups is 1. The molecule has 12 heavy (non-hydrogen) atoms. The highest BCUT2D eigenvalue weighted by molar-refractivity contribution is 5.77. The van der Waals surface area contributed by atoms with Crippen molar-refractivity contribution in [1.82, 2.24) is 10.0 Å². The van der Waals surface area contributed by atoms with Gasteiger partial charge in [-0.15, -0.1) is 0 Å². The summed E-state index contributed by atoms with van der Waals surface area (Å²) in [6, 6.07) is 0. The van der Waals surface area contributed by atoms with Gasteiger partial charge in [0, 0.05) is 32.1 Å². The van der Waals surface area contributed by atoms with Gasteiger partial charge >= 0.3 is 0 Å². The van der Waals surface area contributed by atoms with Gasteiger partial charge in [0.2, 0.25) is 5.91 Å². The van der Waals surface area contributed by atoms with Crippen LogP contribution in [0.25, 0.3) is 0 Å². The highest BCUT2D eigenvalue weighted by atomic mass is 16.2. The minimum atomic E-state index is -0.237. The van der Waals surface area contributed by atoms with Crippen LogP contribution in [0, 0.1) is 0 Å². The molecule has 0 saturated carbocycles. The minimum absolute atomic E-state index is 0.180. The Kier molecular flexibility index (Phi) is 2.39. The SMILES string of the molecule is CN1C(=O)CCN1CC(C)(C)N. The van der Waals surface area contributed by atoms with E-state index in [1.54, 1.807) is 12.1 Å². The largest absolute Gasteiger partial charge is 0.324 e. The maximum atomic E-state index is 11.1. The smallest absolute Gasteiger partial charge is 0.237 e. The molecule has 1 amide bonds. The molecular formula is C8H17N3O. The zero-order chi connectivity index (χ0) is 9.35. The van der Waals surface area contributed by atoms with E-state index in [0.717, 1.165) is 13.1 Å². The molecule has 0 aromatic rings. The van der Waals surface area contributed by atoms with Crippen LogP contribution in [0.4, 0.5) is 0 Å². The van der Waals surface area contributed by atoms with Gasteiger partial charge in [0.15, 0.2) is 0 Å². The molecule has 4 nitrogen and oxygen atoms in total. The number of carbonyl (C=O) groups excluding carboxylic acids is 1. The Morgan fingerprint density at radius 1 is 1.58 bits per heavy atom. The monoisotopic (exact) mass is 171 g/mol. The molecule has 1 saturated heterocycles. The molecule has 2 N–H and O–H groups in total. The van der Waals surface area contributed by atoms with Crippen molar-refractivity contribution in [1.29, 1.82) is 0 Å². The molecule has 1 rings (SSSR count).